The van der Waals surface area contributed by atoms with E-state index in [-0.39, 0.29) is 5.52 Å². The number of aromatic nitrogens is 2. The molecule has 116 valence electrons. The van der Waals surface area contributed by atoms with Gasteiger partial charge in [-0.2, -0.15) is 18.3 Å². The Morgan fingerprint density at radius 2 is 1.48 bits per heavy atom. The number of alkyl halides is 3. The lowest BCUT2D eigenvalue weighted by atomic mass is 10.2. The lowest BCUT2D eigenvalue weighted by Gasteiger charge is -2.11. The SMILES string of the molecule is FC(F)(F)c1nc2ccccc2nc1N/N=C/c1ccccc1. The average molecular weight is 316 g/mol. The van der Waals surface area contributed by atoms with Gasteiger partial charge < -0.3 is 0 Å². The van der Waals surface area contributed by atoms with Crippen molar-refractivity contribution in [2.24, 2.45) is 5.10 Å². The van der Waals surface area contributed by atoms with E-state index in [9.17, 15) is 13.2 Å². The molecule has 0 atom stereocenters. The second-order valence-electron chi connectivity index (χ2n) is 4.69. The fraction of sp³-hybridized carbons (Fsp3) is 0.0625. The van der Waals surface area contributed by atoms with E-state index < -0.39 is 17.7 Å². The average Bonchev–Trinajstić information content (AvgIpc) is 2.54. The Morgan fingerprint density at radius 1 is 0.870 bits per heavy atom. The minimum Gasteiger partial charge on any atom is -0.260 e. The van der Waals surface area contributed by atoms with E-state index in [1.807, 2.05) is 6.07 Å². The summed E-state index contributed by atoms with van der Waals surface area (Å²) in [6.07, 6.45) is -3.21. The molecule has 0 amide bonds. The molecule has 0 unspecified atom stereocenters. The van der Waals surface area contributed by atoms with Crippen molar-refractivity contribution in [1.29, 1.82) is 0 Å². The van der Waals surface area contributed by atoms with Crippen LogP contribution in [0.5, 0.6) is 0 Å². The zero-order valence-electron chi connectivity index (χ0n) is 11.7. The number of halogens is 3. The van der Waals surface area contributed by atoms with Crippen LogP contribution in [0.25, 0.3) is 11.0 Å². The monoisotopic (exact) mass is 316 g/mol. The molecule has 0 spiro atoms. The molecule has 7 heteroatoms. The van der Waals surface area contributed by atoms with Gasteiger partial charge in [0.25, 0.3) is 0 Å². The van der Waals surface area contributed by atoms with Gasteiger partial charge in [-0.3, -0.25) is 5.43 Å². The minimum atomic E-state index is -4.62. The number of nitrogens with one attached hydrogen (secondary N) is 1. The zero-order valence-corrected chi connectivity index (χ0v) is 11.7. The normalized spacial score (nSPS) is 12.0. The number of hydrogen-bond donors (Lipinski definition) is 1. The highest BCUT2D eigenvalue weighted by atomic mass is 19.4. The van der Waals surface area contributed by atoms with Crippen molar-refractivity contribution >= 4 is 23.1 Å². The summed E-state index contributed by atoms with van der Waals surface area (Å²) in [6, 6.07) is 15.4. The van der Waals surface area contributed by atoms with Gasteiger partial charge in [0.05, 0.1) is 17.2 Å². The molecule has 3 aromatic rings. The van der Waals surface area contributed by atoms with Gasteiger partial charge in [0.2, 0.25) is 0 Å². The summed E-state index contributed by atoms with van der Waals surface area (Å²) < 4.78 is 39.4. The van der Waals surface area contributed by atoms with Gasteiger partial charge in [-0.25, -0.2) is 9.97 Å². The van der Waals surface area contributed by atoms with Crippen molar-refractivity contribution in [3.63, 3.8) is 0 Å². The highest BCUT2D eigenvalue weighted by Gasteiger charge is 2.37. The van der Waals surface area contributed by atoms with Gasteiger partial charge >= 0.3 is 6.18 Å². The maximum Gasteiger partial charge on any atom is 0.437 e. The zero-order chi connectivity index (χ0) is 16.3. The molecule has 2 aromatic carbocycles. The van der Waals surface area contributed by atoms with Crippen molar-refractivity contribution in [3.8, 4) is 0 Å². The lowest BCUT2D eigenvalue weighted by Crippen LogP contribution is -2.13. The maximum atomic E-state index is 13.1. The van der Waals surface area contributed by atoms with Crippen molar-refractivity contribution in [2.45, 2.75) is 6.18 Å². The Hall–Kier alpha value is -2.96. The first-order valence-corrected chi connectivity index (χ1v) is 6.72. The molecule has 0 bridgehead atoms. The van der Waals surface area contributed by atoms with E-state index in [1.54, 1.807) is 42.5 Å². The predicted molar refractivity (Wildman–Crippen MR) is 82.2 cm³/mol. The van der Waals surface area contributed by atoms with Crippen molar-refractivity contribution in [3.05, 3.63) is 65.9 Å². The molecule has 1 N–H and O–H groups in total. The van der Waals surface area contributed by atoms with Gasteiger partial charge in [-0.05, 0) is 17.7 Å². The Bertz CT molecular complexity index is 845. The maximum absolute atomic E-state index is 13.1. The van der Waals surface area contributed by atoms with Crippen LogP contribution in [0.4, 0.5) is 19.0 Å². The molecule has 0 fully saturated rings. The fourth-order valence-electron chi connectivity index (χ4n) is 1.98. The number of hydrogen-bond acceptors (Lipinski definition) is 4. The number of anilines is 1. The summed E-state index contributed by atoms with van der Waals surface area (Å²) in [7, 11) is 0. The van der Waals surface area contributed by atoms with Crippen LogP contribution in [0.15, 0.2) is 59.7 Å². The molecule has 0 radical (unpaired) electrons. The number of fused-ring (bicyclic) bond motifs is 1. The Kier molecular flexibility index (Phi) is 3.92. The van der Waals surface area contributed by atoms with Crippen molar-refractivity contribution < 1.29 is 13.2 Å². The molecule has 0 aliphatic rings. The third-order valence-electron chi connectivity index (χ3n) is 3.02. The lowest BCUT2D eigenvalue weighted by molar-refractivity contribution is -0.140. The van der Waals surface area contributed by atoms with Crippen molar-refractivity contribution in [1.82, 2.24) is 9.97 Å². The van der Waals surface area contributed by atoms with Crippen LogP contribution in [0.1, 0.15) is 11.3 Å². The van der Waals surface area contributed by atoms with E-state index in [2.05, 4.69) is 20.5 Å². The molecule has 23 heavy (non-hydrogen) atoms. The highest BCUT2D eigenvalue weighted by Crippen LogP contribution is 2.33. The molecule has 0 saturated heterocycles. The summed E-state index contributed by atoms with van der Waals surface area (Å²) in [4.78, 5) is 7.61. The third kappa shape index (κ3) is 3.45. The smallest absolute Gasteiger partial charge is 0.260 e. The summed E-state index contributed by atoms with van der Waals surface area (Å²) >= 11 is 0. The molecular weight excluding hydrogens is 305 g/mol. The Morgan fingerprint density at radius 3 is 2.13 bits per heavy atom. The number of benzene rings is 2. The Balaban J connectivity index is 1.96. The molecule has 1 heterocycles. The predicted octanol–water partition coefficient (Wildman–Crippen LogP) is 4.09. The first-order valence-electron chi connectivity index (χ1n) is 6.72. The van der Waals surface area contributed by atoms with E-state index in [0.717, 1.165) is 5.56 Å². The van der Waals surface area contributed by atoms with Gasteiger partial charge in [-0.1, -0.05) is 42.5 Å². The number of hydrazone groups is 1. The summed E-state index contributed by atoms with van der Waals surface area (Å²) in [5.41, 5.74) is 2.53. The fourth-order valence-corrected chi connectivity index (χ4v) is 1.98. The van der Waals surface area contributed by atoms with Gasteiger partial charge in [-0.15, -0.1) is 0 Å². The molecular formula is C16H11F3N4. The number of para-hydroxylation sites is 2. The van der Waals surface area contributed by atoms with Crippen LogP contribution in [-0.2, 0) is 6.18 Å². The number of nitrogens with zero attached hydrogens (tertiary/aromatic N) is 3. The summed E-state index contributed by atoms with van der Waals surface area (Å²) in [5, 5.41) is 3.82. The van der Waals surface area contributed by atoms with Gasteiger partial charge in [0.1, 0.15) is 0 Å². The van der Waals surface area contributed by atoms with Gasteiger partial charge in [0.15, 0.2) is 11.5 Å². The van der Waals surface area contributed by atoms with Crippen LogP contribution >= 0.6 is 0 Å². The number of rotatable bonds is 3. The van der Waals surface area contributed by atoms with E-state index in [1.165, 1.54) is 12.3 Å². The Labute approximate surface area is 129 Å². The van der Waals surface area contributed by atoms with Crippen LogP contribution in [0, 0.1) is 0 Å². The van der Waals surface area contributed by atoms with Gasteiger partial charge in [0, 0.05) is 0 Å². The van der Waals surface area contributed by atoms with Crippen LogP contribution in [0.2, 0.25) is 0 Å². The summed E-state index contributed by atoms with van der Waals surface area (Å²) in [6.45, 7) is 0. The standard InChI is InChI=1S/C16H11F3N4/c17-16(18,19)14-15(22-13-9-5-4-8-12(13)21-14)23-20-10-11-6-2-1-3-7-11/h1-10H,(H,22,23)/b20-10+. The molecule has 4 nitrogen and oxygen atoms in total. The van der Waals surface area contributed by atoms with E-state index in [4.69, 9.17) is 0 Å². The highest BCUT2D eigenvalue weighted by molar-refractivity contribution is 5.80. The van der Waals surface area contributed by atoms with Crippen molar-refractivity contribution in [2.75, 3.05) is 5.43 Å². The quantitative estimate of drug-likeness (QED) is 0.585. The molecule has 0 aliphatic heterocycles. The molecule has 0 aliphatic carbocycles. The molecule has 3 rings (SSSR count). The third-order valence-corrected chi connectivity index (χ3v) is 3.02. The second kappa shape index (κ2) is 6.04. The van der Waals surface area contributed by atoms with E-state index >= 15 is 0 Å². The largest absolute Gasteiger partial charge is 0.437 e. The minimum absolute atomic E-state index is 0.178. The second-order valence-corrected chi connectivity index (χ2v) is 4.69. The first kappa shape index (κ1) is 15.0. The van der Waals surface area contributed by atoms with Crippen LogP contribution in [-0.4, -0.2) is 16.2 Å². The first-order chi connectivity index (χ1) is 11.0. The van der Waals surface area contributed by atoms with E-state index in [0.29, 0.717) is 5.52 Å². The summed E-state index contributed by atoms with van der Waals surface area (Å²) in [5.74, 6) is -0.427. The van der Waals surface area contributed by atoms with Crippen LogP contribution < -0.4 is 5.43 Å². The molecule has 1 aromatic heterocycles. The van der Waals surface area contributed by atoms with Crippen LogP contribution in [0.3, 0.4) is 0 Å². The molecule has 0 saturated carbocycles. The topological polar surface area (TPSA) is 50.2 Å².